The zero-order valence-corrected chi connectivity index (χ0v) is 7.37. The summed E-state index contributed by atoms with van der Waals surface area (Å²) in [4.78, 5) is 0. The third kappa shape index (κ3) is 2.24. The minimum Gasteiger partial charge on any atom is -0.204 e. The molecular formula is C12H11BF2. The van der Waals surface area contributed by atoms with Crippen molar-refractivity contribution in [1.29, 1.82) is 0 Å². The van der Waals surface area contributed by atoms with Crippen molar-refractivity contribution in [1.82, 2.24) is 0 Å². The maximum atomic E-state index is 13.3. The van der Waals surface area contributed by atoms with Gasteiger partial charge in [0.1, 0.15) is 0 Å². The Labute approximate surface area is 89.1 Å². The van der Waals surface area contributed by atoms with E-state index >= 15 is 0 Å². The molecule has 0 saturated carbocycles. The van der Waals surface area contributed by atoms with E-state index in [1.54, 1.807) is 30.3 Å². The number of hydrogen-bond donors (Lipinski definition) is 0. The van der Waals surface area contributed by atoms with Gasteiger partial charge in [-0.15, -0.1) is 0 Å². The van der Waals surface area contributed by atoms with Gasteiger partial charge in [-0.1, -0.05) is 42.5 Å². The van der Waals surface area contributed by atoms with Crippen LogP contribution in [-0.2, 0) is 0 Å². The molecule has 2 rings (SSSR count). The Morgan fingerprint density at radius 1 is 0.733 bits per heavy atom. The summed E-state index contributed by atoms with van der Waals surface area (Å²) in [6.07, 6.45) is 0. The second-order valence-corrected chi connectivity index (χ2v) is 2.97. The molecule has 0 saturated heterocycles. The van der Waals surface area contributed by atoms with Crippen LogP contribution in [0.4, 0.5) is 8.78 Å². The van der Waals surface area contributed by atoms with Crippen LogP contribution >= 0.6 is 0 Å². The molecule has 0 aliphatic carbocycles. The van der Waals surface area contributed by atoms with E-state index in [-0.39, 0.29) is 8.41 Å². The molecule has 3 heteroatoms. The molecule has 0 bridgehead atoms. The molecule has 15 heavy (non-hydrogen) atoms. The van der Waals surface area contributed by atoms with Gasteiger partial charge in [0.25, 0.3) is 0 Å². The summed E-state index contributed by atoms with van der Waals surface area (Å²) >= 11 is 0. The fraction of sp³-hybridized carbons (Fsp3) is 0. The summed E-state index contributed by atoms with van der Waals surface area (Å²) in [5.41, 5.74) is 0.982. The number of rotatable bonds is 1. The van der Waals surface area contributed by atoms with Crippen LogP contribution in [-0.4, -0.2) is 8.41 Å². The first kappa shape index (κ1) is 11.4. The number of hydrogen-bond acceptors (Lipinski definition) is 0. The van der Waals surface area contributed by atoms with Gasteiger partial charge in [0.15, 0.2) is 11.6 Å². The fourth-order valence-corrected chi connectivity index (χ4v) is 1.34. The molecule has 2 aromatic rings. The summed E-state index contributed by atoms with van der Waals surface area (Å²) in [5.74, 6) is -1.61. The smallest absolute Gasteiger partial charge is 0.166 e. The fourth-order valence-electron chi connectivity index (χ4n) is 1.34. The van der Waals surface area contributed by atoms with Crippen molar-refractivity contribution >= 4 is 8.41 Å². The van der Waals surface area contributed by atoms with E-state index in [2.05, 4.69) is 0 Å². The highest BCUT2D eigenvalue weighted by Crippen LogP contribution is 2.23. The van der Waals surface area contributed by atoms with Crippen LogP contribution in [0.15, 0.2) is 48.5 Å². The summed E-state index contributed by atoms with van der Waals surface area (Å²) in [6.45, 7) is 0. The first-order valence-electron chi connectivity index (χ1n) is 4.28. The predicted molar refractivity (Wildman–Crippen MR) is 61.7 cm³/mol. The third-order valence-corrected chi connectivity index (χ3v) is 2.04. The summed E-state index contributed by atoms with van der Waals surface area (Å²) in [7, 11) is 0. The second-order valence-electron chi connectivity index (χ2n) is 2.97. The average Bonchev–Trinajstić information content (AvgIpc) is 2.23. The summed E-state index contributed by atoms with van der Waals surface area (Å²) in [5, 5.41) is 0. The molecule has 0 amide bonds. The summed E-state index contributed by atoms with van der Waals surface area (Å²) in [6, 6.07) is 13.1. The van der Waals surface area contributed by atoms with Crippen LogP contribution in [0.5, 0.6) is 0 Å². The van der Waals surface area contributed by atoms with Crippen LogP contribution in [0.25, 0.3) is 11.1 Å². The van der Waals surface area contributed by atoms with E-state index in [0.717, 1.165) is 6.07 Å². The van der Waals surface area contributed by atoms with Crippen molar-refractivity contribution in [2.45, 2.75) is 0 Å². The molecule has 0 fully saturated rings. The Balaban J connectivity index is 0.00000112. The molecule has 0 heterocycles. The van der Waals surface area contributed by atoms with Crippen molar-refractivity contribution in [2.75, 3.05) is 0 Å². The minimum absolute atomic E-state index is 0. The molecule has 2 aromatic carbocycles. The van der Waals surface area contributed by atoms with Gasteiger partial charge in [0.2, 0.25) is 0 Å². The highest BCUT2D eigenvalue weighted by Gasteiger charge is 2.08. The first-order valence-corrected chi connectivity index (χ1v) is 4.28. The van der Waals surface area contributed by atoms with Gasteiger partial charge in [0, 0.05) is 5.56 Å². The molecule has 0 nitrogen and oxygen atoms in total. The number of benzene rings is 2. The topological polar surface area (TPSA) is 0 Å². The van der Waals surface area contributed by atoms with Crippen LogP contribution < -0.4 is 0 Å². The molecule has 0 spiro atoms. The Hall–Kier alpha value is -1.64. The Kier molecular flexibility index (Phi) is 3.61. The first-order chi connectivity index (χ1) is 6.79. The van der Waals surface area contributed by atoms with E-state index in [1.165, 1.54) is 6.07 Å². The molecule has 0 aliphatic heterocycles. The lowest BCUT2D eigenvalue weighted by atomic mass is 10.1. The largest absolute Gasteiger partial charge is 0.204 e. The van der Waals surface area contributed by atoms with Crippen molar-refractivity contribution in [2.24, 2.45) is 0 Å². The molecule has 0 aromatic heterocycles. The van der Waals surface area contributed by atoms with Crippen LogP contribution in [0.2, 0.25) is 0 Å². The van der Waals surface area contributed by atoms with Gasteiger partial charge in [-0.25, -0.2) is 8.78 Å². The van der Waals surface area contributed by atoms with Gasteiger partial charge < -0.3 is 0 Å². The Morgan fingerprint density at radius 2 is 1.40 bits per heavy atom. The van der Waals surface area contributed by atoms with Crippen molar-refractivity contribution in [3.63, 3.8) is 0 Å². The van der Waals surface area contributed by atoms with Crippen molar-refractivity contribution in [3.8, 4) is 11.1 Å². The van der Waals surface area contributed by atoms with Crippen LogP contribution in [0.3, 0.4) is 0 Å². The highest BCUT2D eigenvalue weighted by molar-refractivity contribution is 5.75. The van der Waals surface area contributed by atoms with E-state index in [0.29, 0.717) is 11.1 Å². The van der Waals surface area contributed by atoms with E-state index in [1.807, 2.05) is 6.07 Å². The lowest BCUT2D eigenvalue weighted by Gasteiger charge is -2.02. The predicted octanol–water partition coefficient (Wildman–Crippen LogP) is 2.45. The monoisotopic (exact) mass is 204 g/mol. The van der Waals surface area contributed by atoms with E-state index < -0.39 is 11.6 Å². The van der Waals surface area contributed by atoms with Crippen LogP contribution in [0, 0.1) is 11.6 Å². The molecule has 0 aliphatic rings. The van der Waals surface area contributed by atoms with Crippen LogP contribution in [0.1, 0.15) is 0 Å². The van der Waals surface area contributed by atoms with Gasteiger partial charge >= 0.3 is 0 Å². The Morgan fingerprint density at radius 3 is 2.07 bits per heavy atom. The SMILES string of the molecule is B.Fc1cccc(-c2ccccc2)c1F. The van der Waals surface area contributed by atoms with Crippen molar-refractivity contribution in [3.05, 3.63) is 60.2 Å². The highest BCUT2D eigenvalue weighted by atomic mass is 19.2. The number of halogens is 2. The second kappa shape index (κ2) is 4.74. The molecule has 76 valence electrons. The lowest BCUT2D eigenvalue weighted by Crippen LogP contribution is -1.88. The molecule has 0 N–H and O–H groups in total. The standard InChI is InChI=1S/C12H8F2.BH3/c13-11-8-4-7-10(12(11)14)9-5-2-1-3-6-9;/h1-8H;1H3. The maximum Gasteiger partial charge on any atom is 0.166 e. The van der Waals surface area contributed by atoms with E-state index in [4.69, 9.17) is 0 Å². The lowest BCUT2D eigenvalue weighted by molar-refractivity contribution is 0.511. The maximum absolute atomic E-state index is 13.3. The van der Waals surface area contributed by atoms with E-state index in [9.17, 15) is 8.78 Å². The normalized spacial score (nSPS) is 9.47. The molecule has 0 radical (unpaired) electrons. The molecule has 0 unspecified atom stereocenters. The quantitative estimate of drug-likeness (QED) is 0.626. The zero-order chi connectivity index (χ0) is 9.97. The van der Waals surface area contributed by atoms with Gasteiger partial charge in [-0.05, 0) is 11.6 Å². The Bertz CT molecular complexity index is 441. The average molecular weight is 204 g/mol. The zero-order valence-electron chi connectivity index (χ0n) is 7.37. The summed E-state index contributed by atoms with van der Waals surface area (Å²) < 4.78 is 26.2. The molecule has 0 atom stereocenters. The van der Waals surface area contributed by atoms with Gasteiger partial charge in [0.05, 0.1) is 8.41 Å². The third-order valence-electron chi connectivity index (χ3n) is 2.04. The van der Waals surface area contributed by atoms with Crippen molar-refractivity contribution < 1.29 is 8.78 Å². The minimum atomic E-state index is -0.814. The van der Waals surface area contributed by atoms with Gasteiger partial charge in [-0.3, -0.25) is 0 Å². The molecular weight excluding hydrogens is 193 g/mol. The van der Waals surface area contributed by atoms with Gasteiger partial charge in [-0.2, -0.15) is 0 Å².